The summed E-state index contributed by atoms with van der Waals surface area (Å²) in [7, 11) is 1.64. The zero-order valence-electron chi connectivity index (χ0n) is 16.4. The van der Waals surface area contributed by atoms with E-state index in [9.17, 15) is 32.7 Å². The summed E-state index contributed by atoms with van der Waals surface area (Å²) in [5, 5.41) is 12.7. The number of carbonyl (C=O) groups excluding carboxylic acids is 2. The number of hydrogen-bond acceptors (Lipinski definition) is 4. The van der Waals surface area contributed by atoms with E-state index in [1.54, 1.807) is 11.9 Å². The van der Waals surface area contributed by atoms with Crippen LogP contribution in [0.2, 0.25) is 0 Å². The molecule has 2 heterocycles. The number of halogens is 3. The van der Waals surface area contributed by atoms with Gasteiger partial charge in [-0.15, -0.1) is 0 Å². The molecule has 1 aliphatic heterocycles. The third-order valence-electron chi connectivity index (χ3n) is 6.67. The zero-order chi connectivity index (χ0) is 22.2. The van der Waals surface area contributed by atoms with Crippen molar-refractivity contribution in [1.82, 2.24) is 14.8 Å². The number of hydrogen-bond donors (Lipinski definition) is 2. The topological polar surface area (TPSA) is 91.6 Å². The molecule has 2 aromatic rings. The first-order valence-corrected chi connectivity index (χ1v) is 9.86. The fraction of sp³-hybridized carbons (Fsp3) is 0.381. The molecule has 3 aliphatic rings. The van der Waals surface area contributed by atoms with E-state index in [1.165, 1.54) is 10.8 Å². The lowest BCUT2D eigenvalue weighted by molar-refractivity contribution is 0.0581. The molecule has 1 aromatic carbocycles. The summed E-state index contributed by atoms with van der Waals surface area (Å²) in [6, 6.07) is 0.715. The predicted molar refractivity (Wildman–Crippen MR) is 101 cm³/mol. The number of nitrogens with zero attached hydrogens (tertiary/aromatic N) is 2. The van der Waals surface area contributed by atoms with Gasteiger partial charge in [-0.2, -0.15) is 0 Å². The Balaban J connectivity index is 1.49. The van der Waals surface area contributed by atoms with Gasteiger partial charge in [-0.05, 0) is 24.7 Å². The summed E-state index contributed by atoms with van der Waals surface area (Å²) >= 11 is 0. The van der Waals surface area contributed by atoms with Crippen molar-refractivity contribution >= 4 is 11.8 Å². The fourth-order valence-electron chi connectivity index (χ4n) is 5.08. The molecule has 31 heavy (non-hydrogen) atoms. The van der Waals surface area contributed by atoms with Crippen molar-refractivity contribution in [3.63, 3.8) is 0 Å². The minimum atomic E-state index is -1.18. The molecule has 2 aliphatic carbocycles. The normalized spacial score (nSPS) is 25.7. The Labute approximate surface area is 174 Å². The highest BCUT2D eigenvalue weighted by molar-refractivity contribution is 5.99. The predicted octanol–water partition coefficient (Wildman–Crippen LogP) is 1.94. The maximum absolute atomic E-state index is 13.8. The molecule has 0 spiro atoms. The van der Waals surface area contributed by atoms with E-state index in [2.05, 4.69) is 5.32 Å². The van der Waals surface area contributed by atoms with E-state index < -0.39 is 58.1 Å². The molecule has 5 rings (SSSR count). The Morgan fingerprint density at radius 3 is 2.55 bits per heavy atom. The van der Waals surface area contributed by atoms with Gasteiger partial charge in [-0.1, -0.05) is 0 Å². The first-order chi connectivity index (χ1) is 14.7. The number of aromatic hydroxyl groups is 1. The molecule has 0 unspecified atom stereocenters. The van der Waals surface area contributed by atoms with Crippen LogP contribution in [0.1, 0.15) is 45.3 Å². The lowest BCUT2D eigenvalue weighted by atomic mass is 9.99. The van der Waals surface area contributed by atoms with Gasteiger partial charge in [0.1, 0.15) is 23.0 Å². The van der Waals surface area contributed by atoms with E-state index in [-0.39, 0.29) is 17.8 Å². The van der Waals surface area contributed by atoms with Gasteiger partial charge in [0.25, 0.3) is 11.8 Å². The SMILES string of the molecule is CN1C(=O)c2c(O)c(=O)c(C(=O)NCc3c(F)cc(F)cc3F)cn2[C@H]2C[C@@H]3C[C@@H]3[C@H]21. The van der Waals surface area contributed by atoms with Crippen LogP contribution in [0.4, 0.5) is 13.2 Å². The molecule has 4 atom stereocenters. The highest BCUT2D eigenvalue weighted by Gasteiger charge is 2.58. The summed E-state index contributed by atoms with van der Waals surface area (Å²) in [6.07, 6.45) is 3.01. The molecule has 162 valence electrons. The maximum atomic E-state index is 13.8. The molecule has 7 nitrogen and oxygen atoms in total. The molecular weight excluding hydrogens is 415 g/mol. The second-order valence-electron chi connectivity index (χ2n) is 8.38. The summed E-state index contributed by atoms with van der Waals surface area (Å²) in [5.74, 6) is -4.93. The molecule has 1 aromatic heterocycles. The largest absolute Gasteiger partial charge is 0.503 e. The molecular formula is C21H18F3N3O4. The summed E-state index contributed by atoms with van der Waals surface area (Å²) in [6.45, 7) is -0.628. The van der Waals surface area contributed by atoms with Crippen LogP contribution in [0, 0.1) is 29.3 Å². The molecule has 2 amide bonds. The fourth-order valence-corrected chi connectivity index (χ4v) is 5.08. The first-order valence-electron chi connectivity index (χ1n) is 9.86. The van der Waals surface area contributed by atoms with Crippen LogP contribution in [0.3, 0.4) is 0 Å². The minimum absolute atomic E-state index is 0.0785. The Hall–Kier alpha value is -3.30. The van der Waals surface area contributed by atoms with Crippen LogP contribution < -0.4 is 10.7 Å². The summed E-state index contributed by atoms with van der Waals surface area (Å²) in [4.78, 5) is 39.6. The number of amides is 2. The number of carbonyl (C=O) groups is 2. The monoisotopic (exact) mass is 433 g/mol. The Kier molecular flexibility index (Phi) is 4.18. The summed E-state index contributed by atoms with van der Waals surface area (Å²) in [5.41, 5.74) is -2.22. The number of likely N-dealkylation sites (N-methyl/N-ethyl adjacent to an activating group) is 1. The zero-order valence-corrected chi connectivity index (χ0v) is 16.4. The van der Waals surface area contributed by atoms with Crippen molar-refractivity contribution in [2.75, 3.05) is 7.05 Å². The van der Waals surface area contributed by atoms with Crippen molar-refractivity contribution in [2.24, 2.45) is 11.8 Å². The smallest absolute Gasteiger partial charge is 0.274 e. The van der Waals surface area contributed by atoms with Crippen molar-refractivity contribution in [3.8, 4) is 5.75 Å². The second kappa shape index (κ2) is 6.60. The van der Waals surface area contributed by atoms with Crippen molar-refractivity contribution < 1.29 is 27.9 Å². The average Bonchev–Trinajstić information content (AvgIpc) is 3.36. The molecule has 0 saturated heterocycles. The molecule has 2 N–H and O–H groups in total. The average molecular weight is 433 g/mol. The van der Waals surface area contributed by atoms with Crippen LogP contribution in [0.25, 0.3) is 0 Å². The second-order valence-corrected chi connectivity index (χ2v) is 8.38. The molecule has 0 bridgehead atoms. The van der Waals surface area contributed by atoms with E-state index in [4.69, 9.17) is 0 Å². The number of fused-ring (bicyclic) bond motifs is 5. The number of nitrogens with one attached hydrogen (secondary N) is 1. The quantitative estimate of drug-likeness (QED) is 0.774. The van der Waals surface area contributed by atoms with E-state index in [1.807, 2.05) is 0 Å². The van der Waals surface area contributed by atoms with E-state index >= 15 is 0 Å². The summed E-state index contributed by atoms with van der Waals surface area (Å²) < 4.78 is 42.2. The van der Waals surface area contributed by atoms with E-state index in [0.29, 0.717) is 24.0 Å². The van der Waals surface area contributed by atoms with Crippen molar-refractivity contribution in [2.45, 2.75) is 31.5 Å². The Morgan fingerprint density at radius 1 is 1.19 bits per heavy atom. The number of pyridine rings is 1. The minimum Gasteiger partial charge on any atom is -0.503 e. The van der Waals surface area contributed by atoms with Gasteiger partial charge in [0, 0.05) is 37.5 Å². The highest BCUT2D eigenvalue weighted by atomic mass is 19.1. The lowest BCUT2D eigenvalue weighted by Crippen LogP contribution is -2.49. The highest BCUT2D eigenvalue weighted by Crippen LogP contribution is 2.59. The third-order valence-corrected chi connectivity index (χ3v) is 6.67. The van der Waals surface area contributed by atoms with Crippen LogP contribution >= 0.6 is 0 Å². The van der Waals surface area contributed by atoms with Gasteiger partial charge in [0.2, 0.25) is 5.43 Å². The number of aromatic nitrogens is 1. The number of rotatable bonds is 3. The van der Waals surface area contributed by atoms with Crippen molar-refractivity contribution in [1.29, 1.82) is 0 Å². The molecule has 2 fully saturated rings. The first kappa shape index (κ1) is 19.7. The van der Waals surface area contributed by atoms with E-state index in [0.717, 1.165) is 12.8 Å². The van der Waals surface area contributed by atoms with Crippen molar-refractivity contribution in [3.05, 3.63) is 62.8 Å². The van der Waals surface area contributed by atoms with Crippen LogP contribution in [0.5, 0.6) is 5.75 Å². The maximum Gasteiger partial charge on any atom is 0.274 e. The molecule has 10 heteroatoms. The van der Waals surface area contributed by atoms with Crippen LogP contribution in [0.15, 0.2) is 23.1 Å². The standard InChI is InChI=1S/C21H18F3N3O4/c1-26-16-10-2-8(10)3-15(16)27-7-12(18(28)19(29)17(27)21(26)31)20(30)25-6-11-13(23)4-9(22)5-14(11)24/h4-5,7-8,10,15-16,29H,2-3,6H2,1H3,(H,25,30)/t8-,10-,15-,16+/m0/s1. The van der Waals surface area contributed by atoms with Gasteiger partial charge >= 0.3 is 0 Å². The van der Waals surface area contributed by atoms with Gasteiger partial charge in [0.05, 0.1) is 12.1 Å². The Morgan fingerprint density at radius 2 is 1.87 bits per heavy atom. The lowest BCUT2D eigenvalue weighted by Gasteiger charge is -2.39. The molecule has 0 radical (unpaired) electrons. The third kappa shape index (κ3) is 2.84. The van der Waals surface area contributed by atoms with Gasteiger partial charge < -0.3 is 19.9 Å². The Bertz CT molecular complexity index is 1190. The number of benzene rings is 1. The van der Waals surface area contributed by atoms with Crippen LogP contribution in [-0.4, -0.2) is 39.5 Å². The molecule has 2 saturated carbocycles. The van der Waals surface area contributed by atoms with Gasteiger partial charge in [-0.3, -0.25) is 14.4 Å². The van der Waals surface area contributed by atoms with Gasteiger partial charge in [-0.25, -0.2) is 13.2 Å². The van der Waals surface area contributed by atoms with Gasteiger partial charge in [0.15, 0.2) is 11.4 Å². The van der Waals surface area contributed by atoms with Crippen LogP contribution in [-0.2, 0) is 6.54 Å².